The van der Waals surface area contributed by atoms with E-state index in [1.54, 1.807) is 16.8 Å². The number of thiophene rings is 1. The molecule has 24 heavy (non-hydrogen) atoms. The van der Waals surface area contributed by atoms with E-state index in [2.05, 4.69) is 15.4 Å². The summed E-state index contributed by atoms with van der Waals surface area (Å²) in [6.45, 7) is 0.364. The minimum atomic E-state index is -0.131. The number of hydrogen-bond donors (Lipinski definition) is 2. The van der Waals surface area contributed by atoms with Gasteiger partial charge in [-0.3, -0.25) is 4.79 Å². The Bertz CT molecular complexity index is 1000. The van der Waals surface area contributed by atoms with Crippen LogP contribution in [0.4, 0.5) is 5.95 Å². The SMILES string of the molecule is Nc1nc2ccc(-c3csc(C(=O)NCc4ccco4)c3)cn2n1. The molecule has 7 nitrogen and oxygen atoms in total. The van der Waals surface area contributed by atoms with Gasteiger partial charge in [-0.25, -0.2) is 4.52 Å². The number of anilines is 1. The van der Waals surface area contributed by atoms with Gasteiger partial charge in [0.15, 0.2) is 5.65 Å². The molecule has 0 aliphatic rings. The predicted octanol–water partition coefficient (Wildman–Crippen LogP) is 2.56. The summed E-state index contributed by atoms with van der Waals surface area (Å²) in [5.41, 5.74) is 8.16. The molecule has 0 unspecified atom stereocenters. The van der Waals surface area contributed by atoms with Crippen LogP contribution in [-0.4, -0.2) is 20.5 Å². The summed E-state index contributed by atoms with van der Waals surface area (Å²) in [6.07, 6.45) is 3.42. The van der Waals surface area contributed by atoms with E-state index < -0.39 is 0 Å². The first-order chi connectivity index (χ1) is 11.7. The van der Waals surface area contributed by atoms with Gasteiger partial charge in [0.05, 0.1) is 17.7 Å². The fourth-order valence-electron chi connectivity index (χ4n) is 2.35. The Kier molecular flexibility index (Phi) is 3.51. The van der Waals surface area contributed by atoms with Crippen LogP contribution in [0.5, 0.6) is 0 Å². The van der Waals surface area contributed by atoms with Gasteiger partial charge >= 0.3 is 0 Å². The number of nitrogen functional groups attached to an aromatic ring is 1. The highest BCUT2D eigenvalue weighted by atomic mass is 32.1. The first-order valence-electron chi connectivity index (χ1n) is 7.20. The molecular formula is C16H13N5O2S. The van der Waals surface area contributed by atoms with Gasteiger partial charge in [0.1, 0.15) is 5.76 Å². The van der Waals surface area contributed by atoms with Gasteiger partial charge in [-0.15, -0.1) is 16.4 Å². The number of carbonyl (C=O) groups excluding carboxylic acids is 1. The van der Waals surface area contributed by atoms with Crippen LogP contribution in [0.25, 0.3) is 16.8 Å². The Morgan fingerprint density at radius 1 is 1.33 bits per heavy atom. The highest BCUT2D eigenvalue weighted by Crippen LogP contribution is 2.26. The summed E-state index contributed by atoms with van der Waals surface area (Å²) in [5, 5.41) is 8.86. The van der Waals surface area contributed by atoms with Crippen LogP contribution >= 0.6 is 11.3 Å². The number of amides is 1. The van der Waals surface area contributed by atoms with Crippen molar-refractivity contribution in [3.63, 3.8) is 0 Å². The Hall–Kier alpha value is -3.13. The number of hydrogen-bond acceptors (Lipinski definition) is 6. The number of nitrogens with two attached hydrogens (primary N) is 1. The van der Waals surface area contributed by atoms with Crippen molar-refractivity contribution in [3.05, 3.63) is 58.8 Å². The van der Waals surface area contributed by atoms with Gasteiger partial charge in [0.2, 0.25) is 5.95 Å². The molecule has 4 aromatic heterocycles. The summed E-state index contributed by atoms with van der Waals surface area (Å²) in [6, 6.07) is 9.23. The zero-order valence-corrected chi connectivity index (χ0v) is 13.3. The molecule has 0 spiro atoms. The van der Waals surface area contributed by atoms with E-state index in [4.69, 9.17) is 10.2 Å². The van der Waals surface area contributed by atoms with Crippen molar-refractivity contribution in [3.8, 4) is 11.1 Å². The van der Waals surface area contributed by atoms with Gasteiger partial charge in [0, 0.05) is 11.8 Å². The number of pyridine rings is 1. The first-order valence-corrected chi connectivity index (χ1v) is 8.08. The minimum Gasteiger partial charge on any atom is -0.467 e. The van der Waals surface area contributed by atoms with Crippen molar-refractivity contribution < 1.29 is 9.21 Å². The number of carbonyl (C=O) groups is 1. The van der Waals surface area contributed by atoms with Gasteiger partial charge < -0.3 is 15.5 Å². The van der Waals surface area contributed by atoms with Crippen molar-refractivity contribution in [1.29, 1.82) is 0 Å². The lowest BCUT2D eigenvalue weighted by Crippen LogP contribution is -2.21. The van der Waals surface area contributed by atoms with Crippen LogP contribution in [0.3, 0.4) is 0 Å². The lowest BCUT2D eigenvalue weighted by atomic mass is 10.1. The van der Waals surface area contributed by atoms with Crippen molar-refractivity contribution >= 4 is 28.8 Å². The molecule has 3 N–H and O–H groups in total. The van der Waals surface area contributed by atoms with E-state index in [-0.39, 0.29) is 11.9 Å². The quantitative estimate of drug-likeness (QED) is 0.595. The molecule has 0 atom stereocenters. The molecule has 0 aliphatic carbocycles. The maximum Gasteiger partial charge on any atom is 0.261 e. The molecule has 8 heteroatoms. The van der Waals surface area contributed by atoms with Crippen LogP contribution in [-0.2, 0) is 6.54 Å². The Balaban J connectivity index is 1.53. The summed E-state index contributed by atoms with van der Waals surface area (Å²) in [7, 11) is 0. The predicted molar refractivity (Wildman–Crippen MR) is 90.6 cm³/mol. The third kappa shape index (κ3) is 2.74. The second-order valence-electron chi connectivity index (χ2n) is 5.15. The molecule has 0 fully saturated rings. The average molecular weight is 339 g/mol. The second-order valence-corrected chi connectivity index (χ2v) is 6.06. The van der Waals surface area contributed by atoms with Crippen LogP contribution in [0.15, 0.2) is 52.6 Å². The summed E-state index contributed by atoms with van der Waals surface area (Å²) >= 11 is 1.39. The van der Waals surface area contributed by atoms with Gasteiger partial charge in [-0.05, 0) is 41.3 Å². The second kappa shape index (κ2) is 5.82. The molecule has 120 valence electrons. The Morgan fingerprint density at radius 2 is 2.25 bits per heavy atom. The smallest absolute Gasteiger partial charge is 0.261 e. The van der Waals surface area contributed by atoms with E-state index in [1.165, 1.54) is 11.3 Å². The summed E-state index contributed by atoms with van der Waals surface area (Å²) in [5.74, 6) is 0.818. The van der Waals surface area contributed by atoms with Gasteiger partial charge in [0.25, 0.3) is 5.91 Å². The Morgan fingerprint density at radius 3 is 3.08 bits per heavy atom. The molecule has 4 heterocycles. The highest BCUT2D eigenvalue weighted by molar-refractivity contribution is 7.12. The van der Waals surface area contributed by atoms with Crippen molar-refractivity contribution in [2.75, 3.05) is 5.73 Å². The van der Waals surface area contributed by atoms with Crippen LogP contribution in [0.2, 0.25) is 0 Å². The topological polar surface area (TPSA) is 98.4 Å². The van der Waals surface area contributed by atoms with Crippen LogP contribution in [0, 0.1) is 0 Å². The lowest BCUT2D eigenvalue weighted by molar-refractivity contribution is 0.0952. The molecule has 4 rings (SSSR count). The number of fused-ring (bicyclic) bond motifs is 1. The summed E-state index contributed by atoms with van der Waals surface area (Å²) in [4.78, 5) is 16.9. The van der Waals surface area contributed by atoms with Crippen LogP contribution < -0.4 is 11.1 Å². The normalized spacial score (nSPS) is 11.0. The standard InChI is InChI=1S/C16H13N5O2S/c17-16-19-14-4-3-10(8-21(14)20-16)11-6-13(24-9-11)15(22)18-7-12-2-1-5-23-12/h1-6,8-9H,7H2,(H2,17,20)(H,18,22). The third-order valence-corrected chi connectivity index (χ3v) is 4.44. The van der Waals surface area contributed by atoms with Crippen LogP contribution in [0.1, 0.15) is 15.4 Å². The summed E-state index contributed by atoms with van der Waals surface area (Å²) < 4.78 is 6.82. The molecule has 0 saturated carbocycles. The van der Waals surface area contributed by atoms with Crippen molar-refractivity contribution in [2.24, 2.45) is 0 Å². The van der Waals surface area contributed by atoms with E-state index in [9.17, 15) is 4.79 Å². The van der Waals surface area contributed by atoms with Crippen molar-refractivity contribution in [1.82, 2.24) is 19.9 Å². The average Bonchev–Trinajstić information content (AvgIpc) is 3.31. The zero-order chi connectivity index (χ0) is 16.5. The monoisotopic (exact) mass is 339 g/mol. The molecular weight excluding hydrogens is 326 g/mol. The van der Waals surface area contributed by atoms with Gasteiger partial charge in [-0.1, -0.05) is 0 Å². The number of nitrogens with zero attached hydrogens (tertiary/aromatic N) is 3. The third-order valence-electron chi connectivity index (χ3n) is 3.51. The van der Waals surface area contributed by atoms with E-state index in [0.717, 1.165) is 11.1 Å². The van der Waals surface area contributed by atoms with Crippen molar-refractivity contribution in [2.45, 2.75) is 6.54 Å². The molecule has 0 bridgehead atoms. The molecule has 0 saturated heterocycles. The first kappa shape index (κ1) is 14.5. The highest BCUT2D eigenvalue weighted by Gasteiger charge is 2.11. The zero-order valence-electron chi connectivity index (χ0n) is 12.5. The molecule has 0 radical (unpaired) electrons. The number of nitrogens with one attached hydrogen (secondary N) is 1. The fraction of sp³-hybridized carbons (Fsp3) is 0.0625. The van der Waals surface area contributed by atoms with E-state index in [1.807, 2.05) is 35.8 Å². The maximum atomic E-state index is 12.2. The number of aromatic nitrogens is 3. The molecule has 1 amide bonds. The molecule has 4 aromatic rings. The maximum absolute atomic E-state index is 12.2. The fourth-order valence-corrected chi connectivity index (χ4v) is 3.18. The largest absolute Gasteiger partial charge is 0.467 e. The Labute approximate surface area is 140 Å². The molecule has 0 aliphatic heterocycles. The number of rotatable bonds is 4. The lowest BCUT2D eigenvalue weighted by Gasteiger charge is -2.00. The van der Waals surface area contributed by atoms with E-state index in [0.29, 0.717) is 22.8 Å². The number of furan rings is 1. The van der Waals surface area contributed by atoms with E-state index >= 15 is 0 Å². The van der Waals surface area contributed by atoms with Gasteiger partial charge in [-0.2, -0.15) is 4.98 Å². The minimum absolute atomic E-state index is 0.131. The molecule has 0 aromatic carbocycles.